The van der Waals surface area contributed by atoms with Crippen LogP contribution in [0.15, 0.2) is 63.7 Å². The summed E-state index contributed by atoms with van der Waals surface area (Å²) in [7, 11) is -3.75. The third-order valence-corrected chi connectivity index (χ3v) is 8.17. The Kier molecular flexibility index (Phi) is 6.26. The fourth-order valence-electron chi connectivity index (χ4n) is 3.76. The van der Waals surface area contributed by atoms with Gasteiger partial charge in [-0.3, -0.25) is 4.79 Å². The number of hydrogen-bond donors (Lipinski definition) is 1. The summed E-state index contributed by atoms with van der Waals surface area (Å²) in [5.41, 5.74) is 1.26. The topological polar surface area (TPSA) is 81.7 Å². The molecule has 2 aromatic carbocycles. The Bertz CT molecular complexity index is 1230. The Hall–Kier alpha value is -2.84. The predicted octanol–water partition coefficient (Wildman–Crippen LogP) is 5.24. The summed E-state index contributed by atoms with van der Waals surface area (Å²) in [5.74, 6) is 0.770. The number of ether oxygens (including phenoxy) is 2. The van der Waals surface area contributed by atoms with E-state index in [4.69, 9.17) is 9.47 Å². The highest BCUT2D eigenvalue weighted by Gasteiger charge is 2.34. The summed E-state index contributed by atoms with van der Waals surface area (Å²) in [6.07, 6.45) is 0.226. The molecule has 1 aliphatic heterocycles. The van der Waals surface area contributed by atoms with Crippen LogP contribution in [-0.2, 0) is 14.6 Å². The molecular formula is C24H25NO5S2. The first-order chi connectivity index (χ1) is 15.3. The first kappa shape index (κ1) is 22.4. The van der Waals surface area contributed by atoms with Gasteiger partial charge >= 0.3 is 0 Å². The monoisotopic (exact) mass is 471 g/mol. The molecule has 0 fully saturated rings. The number of hydrogen-bond acceptors (Lipinski definition) is 6. The van der Waals surface area contributed by atoms with Crippen molar-refractivity contribution >= 4 is 32.8 Å². The van der Waals surface area contributed by atoms with Crippen LogP contribution in [0.3, 0.4) is 0 Å². The summed E-state index contributed by atoms with van der Waals surface area (Å²) < 4.78 is 38.1. The number of anilines is 1. The van der Waals surface area contributed by atoms with Gasteiger partial charge in [-0.2, -0.15) is 0 Å². The van der Waals surface area contributed by atoms with Gasteiger partial charge in [-0.1, -0.05) is 24.3 Å². The van der Waals surface area contributed by atoms with Crippen LogP contribution in [0.25, 0.3) is 0 Å². The van der Waals surface area contributed by atoms with Crippen molar-refractivity contribution in [1.82, 2.24) is 0 Å². The molecule has 168 valence electrons. The molecule has 6 nitrogen and oxygen atoms in total. The zero-order valence-corrected chi connectivity index (χ0v) is 19.8. The maximum Gasteiger partial charge on any atom is 0.225 e. The van der Waals surface area contributed by atoms with E-state index in [2.05, 4.69) is 5.32 Å². The van der Waals surface area contributed by atoms with Gasteiger partial charge in [0.15, 0.2) is 11.5 Å². The molecular weight excluding hydrogens is 446 g/mol. The van der Waals surface area contributed by atoms with Gasteiger partial charge in [0.05, 0.1) is 23.3 Å². The molecule has 1 unspecified atom stereocenters. The molecule has 1 N–H and O–H groups in total. The van der Waals surface area contributed by atoms with E-state index in [9.17, 15) is 13.2 Å². The van der Waals surface area contributed by atoms with E-state index in [-0.39, 0.29) is 34.1 Å². The SMILES string of the molecule is CCOc1cc(C2CC(=O)Nc3c(S(=O)(=O)c4ccccc4)csc32)ccc1OC(C)C. The molecule has 1 atom stereocenters. The second-order valence-electron chi connectivity index (χ2n) is 7.77. The van der Waals surface area contributed by atoms with Crippen LogP contribution >= 0.6 is 11.3 Å². The standard InChI is InChI=1S/C24H25NO5S2/c1-4-29-20-12-16(10-11-19(20)30-15(2)3)18-13-22(26)25-23-21(14-31-24(18)23)32(27,28)17-8-6-5-7-9-17/h5-12,14-15,18H,4,13H2,1-3H3,(H,25,26). The molecule has 4 rings (SSSR count). The van der Waals surface area contributed by atoms with Crippen molar-refractivity contribution in [2.45, 2.75) is 49.0 Å². The van der Waals surface area contributed by atoms with E-state index >= 15 is 0 Å². The number of nitrogens with one attached hydrogen (secondary N) is 1. The van der Waals surface area contributed by atoms with Crippen molar-refractivity contribution in [3.8, 4) is 11.5 Å². The van der Waals surface area contributed by atoms with Gasteiger partial charge < -0.3 is 14.8 Å². The van der Waals surface area contributed by atoms with Crippen LogP contribution in [0.4, 0.5) is 5.69 Å². The molecule has 1 aliphatic rings. The Labute approximate surface area is 192 Å². The number of benzene rings is 2. The number of amides is 1. The van der Waals surface area contributed by atoms with Crippen LogP contribution in [0.5, 0.6) is 11.5 Å². The van der Waals surface area contributed by atoms with E-state index < -0.39 is 9.84 Å². The predicted molar refractivity (Wildman–Crippen MR) is 125 cm³/mol. The first-order valence-corrected chi connectivity index (χ1v) is 12.8. The van der Waals surface area contributed by atoms with E-state index in [0.717, 1.165) is 10.4 Å². The lowest BCUT2D eigenvalue weighted by Gasteiger charge is -2.25. The van der Waals surface area contributed by atoms with Gasteiger partial charge in [-0.15, -0.1) is 11.3 Å². The first-order valence-electron chi connectivity index (χ1n) is 10.5. The molecule has 32 heavy (non-hydrogen) atoms. The number of carbonyl (C=O) groups is 1. The Morgan fingerprint density at radius 1 is 1.12 bits per heavy atom. The summed E-state index contributed by atoms with van der Waals surface area (Å²) in [5, 5.41) is 4.41. The summed E-state index contributed by atoms with van der Waals surface area (Å²) in [6, 6.07) is 13.9. The summed E-state index contributed by atoms with van der Waals surface area (Å²) >= 11 is 1.35. The van der Waals surface area contributed by atoms with Crippen molar-refractivity contribution in [1.29, 1.82) is 0 Å². The molecule has 8 heteroatoms. The minimum atomic E-state index is -3.75. The zero-order valence-electron chi connectivity index (χ0n) is 18.1. The second-order valence-corrected chi connectivity index (χ2v) is 10.6. The molecule has 0 bridgehead atoms. The largest absolute Gasteiger partial charge is 0.490 e. The summed E-state index contributed by atoms with van der Waals surface area (Å²) in [4.78, 5) is 13.7. The number of sulfone groups is 1. The maximum absolute atomic E-state index is 13.2. The Balaban J connectivity index is 1.77. The third-order valence-electron chi connectivity index (χ3n) is 5.13. The van der Waals surface area contributed by atoms with Crippen LogP contribution < -0.4 is 14.8 Å². The fraction of sp³-hybridized carbons (Fsp3) is 0.292. The average Bonchev–Trinajstić information content (AvgIpc) is 3.19. The number of fused-ring (bicyclic) bond motifs is 1. The van der Waals surface area contributed by atoms with Gasteiger partial charge in [-0.25, -0.2) is 8.42 Å². The van der Waals surface area contributed by atoms with Crippen LogP contribution in [-0.4, -0.2) is 27.0 Å². The highest BCUT2D eigenvalue weighted by atomic mass is 32.2. The number of thiophene rings is 1. The molecule has 0 saturated heterocycles. The highest BCUT2D eigenvalue weighted by Crippen LogP contribution is 2.47. The fourth-order valence-corrected chi connectivity index (χ4v) is 6.69. The van der Waals surface area contributed by atoms with Crippen molar-refractivity contribution in [3.05, 3.63) is 64.4 Å². The maximum atomic E-state index is 13.2. The lowest BCUT2D eigenvalue weighted by Crippen LogP contribution is -2.23. The third kappa shape index (κ3) is 4.25. The van der Waals surface area contributed by atoms with Gasteiger partial charge in [0.25, 0.3) is 0 Å². The van der Waals surface area contributed by atoms with E-state index in [1.165, 1.54) is 11.3 Å². The van der Waals surface area contributed by atoms with Crippen molar-refractivity contribution in [2.24, 2.45) is 0 Å². The van der Waals surface area contributed by atoms with E-state index in [1.807, 2.05) is 39.0 Å². The highest BCUT2D eigenvalue weighted by molar-refractivity contribution is 7.91. The van der Waals surface area contributed by atoms with Crippen molar-refractivity contribution < 1.29 is 22.7 Å². The van der Waals surface area contributed by atoms with Crippen molar-refractivity contribution in [3.63, 3.8) is 0 Å². The van der Waals surface area contributed by atoms with E-state index in [1.54, 1.807) is 35.7 Å². The molecule has 2 heterocycles. The second kappa shape index (κ2) is 8.96. The van der Waals surface area contributed by atoms with Gasteiger partial charge in [0.2, 0.25) is 15.7 Å². The lowest BCUT2D eigenvalue weighted by atomic mass is 9.90. The van der Waals surface area contributed by atoms with Gasteiger partial charge in [0, 0.05) is 22.6 Å². The Morgan fingerprint density at radius 3 is 2.56 bits per heavy atom. The number of carbonyl (C=O) groups excluding carboxylic acids is 1. The quantitative estimate of drug-likeness (QED) is 0.510. The van der Waals surface area contributed by atoms with Crippen molar-refractivity contribution in [2.75, 3.05) is 11.9 Å². The lowest BCUT2D eigenvalue weighted by molar-refractivity contribution is -0.116. The van der Waals surface area contributed by atoms with E-state index in [0.29, 0.717) is 23.8 Å². The molecule has 3 aromatic rings. The normalized spacial score (nSPS) is 15.9. The van der Waals surface area contributed by atoms with Gasteiger partial charge in [0.1, 0.15) is 4.90 Å². The number of rotatable bonds is 7. The minimum absolute atomic E-state index is 0.00448. The summed E-state index contributed by atoms with van der Waals surface area (Å²) in [6.45, 7) is 6.27. The minimum Gasteiger partial charge on any atom is -0.490 e. The molecule has 0 aliphatic carbocycles. The molecule has 0 radical (unpaired) electrons. The van der Waals surface area contributed by atoms with Gasteiger partial charge in [-0.05, 0) is 50.6 Å². The Morgan fingerprint density at radius 2 is 1.88 bits per heavy atom. The van der Waals surface area contributed by atoms with Crippen LogP contribution in [0.2, 0.25) is 0 Å². The van der Waals surface area contributed by atoms with Crippen LogP contribution in [0.1, 0.15) is 43.6 Å². The average molecular weight is 472 g/mol. The molecule has 0 spiro atoms. The smallest absolute Gasteiger partial charge is 0.225 e. The molecule has 1 amide bonds. The van der Waals surface area contributed by atoms with Crippen LogP contribution in [0, 0.1) is 0 Å². The zero-order chi connectivity index (χ0) is 22.9. The molecule has 1 aromatic heterocycles. The molecule has 0 saturated carbocycles.